The van der Waals surface area contributed by atoms with E-state index in [1.54, 1.807) is 0 Å². The molecular formula is C6H8F9N3O6S3. The summed E-state index contributed by atoms with van der Waals surface area (Å²) in [6, 6.07) is 0. The molecule has 164 valence electrons. The van der Waals surface area contributed by atoms with Crippen molar-refractivity contribution < 1.29 is 64.8 Å². The predicted molar refractivity (Wildman–Crippen MR) is 67.8 cm³/mol. The van der Waals surface area contributed by atoms with Crippen molar-refractivity contribution in [2.24, 2.45) is 5.73 Å². The molecule has 0 aromatic rings. The zero-order valence-corrected chi connectivity index (χ0v) is 14.5. The maximum atomic E-state index is 13.4. The molecule has 4 N–H and O–H groups in total. The van der Waals surface area contributed by atoms with E-state index in [0.29, 0.717) is 4.72 Å². The Bertz CT molecular complexity index is 864. The molecule has 0 amide bonds. The zero-order valence-electron chi connectivity index (χ0n) is 12.1. The highest BCUT2D eigenvalue weighted by Crippen LogP contribution is 2.50. The second kappa shape index (κ2) is 7.17. The normalized spacial score (nSPS) is 15.8. The van der Waals surface area contributed by atoms with Crippen LogP contribution in [0.3, 0.4) is 0 Å². The number of rotatable bonds is 9. The molecule has 0 saturated heterocycles. The summed E-state index contributed by atoms with van der Waals surface area (Å²) in [5.41, 5.74) is -1.96. The number of sulfonamides is 3. The van der Waals surface area contributed by atoms with Gasteiger partial charge in [-0.1, -0.05) is 4.13 Å². The Morgan fingerprint density at radius 3 is 1.37 bits per heavy atom. The van der Waals surface area contributed by atoms with E-state index in [0.717, 1.165) is 0 Å². The number of halogens is 9. The lowest BCUT2D eigenvalue weighted by Crippen LogP contribution is -2.65. The molecule has 0 radical (unpaired) electrons. The smallest absolute Gasteiger partial charge is 0.329 e. The molecule has 0 bridgehead atoms. The lowest BCUT2D eigenvalue weighted by atomic mass is 10.3. The average Bonchev–Trinajstić information content (AvgIpc) is 2.41. The van der Waals surface area contributed by atoms with Crippen LogP contribution in [0.15, 0.2) is 0 Å². The van der Waals surface area contributed by atoms with Crippen molar-refractivity contribution in [3.05, 3.63) is 0 Å². The van der Waals surface area contributed by atoms with Gasteiger partial charge in [-0.25, -0.2) is 30.0 Å². The minimum Gasteiger partial charge on any atom is -0.329 e. The monoisotopic (exact) mass is 485 g/mol. The van der Waals surface area contributed by atoms with Gasteiger partial charge in [0.05, 0.1) is 0 Å². The highest BCUT2D eigenvalue weighted by molar-refractivity contribution is 8.05. The molecule has 0 aromatic heterocycles. The van der Waals surface area contributed by atoms with Gasteiger partial charge in [-0.3, -0.25) is 0 Å². The number of nitrogens with two attached hydrogens (primary N) is 1. The van der Waals surface area contributed by atoms with Gasteiger partial charge in [0.25, 0.3) is 20.0 Å². The van der Waals surface area contributed by atoms with Crippen molar-refractivity contribution >= 4 is 30.1 Å². The Kier molecular flexibility index (Phi) is 6.93. The van der Waals surface area contributed by atoms with Crippen molar-refractivity contribution in [2.75, 3.05) is 13.1 Å². The molecular weight excluding hydrogens is 477 g/mol. The summed E-state index contributed by atoms with van der Waals surface area (Å²) in [7, 11) is -21.8. The molecule has 0 heterocycles. The third-order valence-electron chi connectivity index (χ3n) is 2.37. The molecule has 9 nitrogen and oxygen atoms in total. The molecule has 0 rings (SSSR count). The topological polar surface area (TPSA) is 152 Å². The van der Waals surface area contributed by atoms with Crippen LogP contribution in [-0.4, -0.2) is 60.3 Å². The first-order valence-electron chi connectivity index (χ1n) is 5.69. The van der Waals surface area contributed by atoms with Crippen LogP contribution < -0.4 is 14.6 Å². The summed E-state index contributed by atoms with van der Waals surface area (Å²) in [5.74, 6) is -7.44. The number of alkyl halides is 9. The Hall–Kier alpha value is -0.900. The van der Waals surface area contributed by atoms with Crippen molar-refractivity contribution in [2.45, 2.75) is 21.9 Å². The summed E-state index contributed by atoms with van der Waals surface area (Å²) < 4.78 is 181. The summed E-state index contributed by atoms with van der Waals surface area (Å²) in [6.45, 7) is -2.01. The highest BCUT2D eigenvalue weighted by atomic mass is 32.3. The minimum atomic E-state index is -7.76. The summed E-state index contributed by atoms with van der Waals surface area (Å²) in [4.78, 5) is 0. The van der Waals surface area contributed by atoms with E-state index in [4.69, 9.17) is 0 Å². The molecule has 27 heavy (non-hydrogen) atoms. The van der Waals surface area contributed by atoms with Gasteiger partial charge in [0.1, 0.15) is 0 Å². The molecule has 0 saturated carbocycles. The van der Waals surface area contributed by atoms with Crippen LogP contribution in [-0.2, 0) is 30.1 Å². The first-order valence-corrected chi connectivity index (χ1v) is 10.1. The number of hydrogen-bond donors (Lipinski definition) is 3. The van der Waals surface area contributed by atoms with Gasteiger partial charge < -0.3 is 5.73 Å². The number of hydrogen-bond acceptors (Lipinski definition) is 7. The Labute approximate surface area is 145 Å². The fourth-order valence-corrected chi connectivity index (χ4v) is 4.55. The van der Waals surface area contributed by atoms with Crippen molar-refractivity contribution in [3.8, 4) is 0 Å². The van der Waals surface area contributed by atoms with Crippen LogP contribution in [0.1, 0.15) is 0 Å². The van der Waals surface area contributed by atoms with Crippen molar-refractivity contribution in [1.82, 2.24) is 8.85 Å². The maximum absolute atomic E-state index is 13.4. The zero-order chi connectivity index (χ0) is 22.3. The lowest BCUT2D eigenvalue weighted by molar-refractivity contribution is -0.244. The molecule has 0 fully saturated rings. The van der Waals surface area contributed by atoms with Crippen LogP contribution in [0.4, 0.5) is 39.5 Å². The SMILES string of the molecule is NCCNS(=O)(=O)C(F)(F)C(F)(F)C(F)(F)S(=O)(=O)NS(=O)(=O)C(F)(F)F. The van der Waals surface area contributed by atoms with E-state index < -0.39 is 69.2 Å². The van der Waals surface area contributed by atoms with Crippen LogP contribution in [0.25, 0.3) is 0 Å². The van der Waals surface area contributed by atoms with Crippen LogP contribution in [0.2, 0.25) is 0 Å². The molecule has 0 aliphatic rings. The van der Waals surface area contributed by atoms with Gasteiger partial charge >= 0.3 is 32.0 Å². The van der Waals surface area contributed by atoms with Gasteiger partial charge in [0.2, 0.25) is 0 Å². The third kappa shape index (κ3) is 4.41. The standard InChI is InChI=1S/C6H8F9N3O6S3/c7-3(8,4(9,10)25(19,20)17-2-1-16)5(11,12)26(21,22)18-27(23,24)6(13,14)15/h17-18H,1-2,16H2. The molecule has 0 spiro atoms. The average molecular weight is 485 g/mol. The third-order valence-corrected chi connectivity index (χ3v) is 7.18. The summed E-state index contributed by atoms with van der Waals surface area (Å²) in [5, 5.41) is -14.3. The van der Waals surface area contributed by atoms with E-state index in [2.05, 4.69) is 5.73 Å². The molecule has 0 atom stereocenters. The molecule has 0 aromatic carbocycles. The molecule has 21 heteroatoms. The van der Waals surface area contributed by atoms with E-state index in [9.17, 15) is 64.8 Å². The van der Waals surface area contributed by atoms with Crippen molar-refractivity contribution in [1.29, 1.82) is 0 Å². The first-order chi connectivity index (χ1) is 11.5. The van der Waals surface area contributed by atoms with Gasteiger partial charge in [0, 0.05) is 13.1 Å². The summed E-state index contributed by atoms with van der Waals surface area (Å²) in [6.07, 6.45) is 0. The molecule has 0 unspecified atom stereocenters. The maximum Gasteiger partial charge on any atom is 0.512 e. The summed E-state index contributed by atoms with van der Waals surface area (Å²) >= 11 is 0. The number of nitrogens with one attached hydrogen (secondary N) is 2. The second-order valence-corrected chi connectivity index (χ2v) is 9.79. The van der Waals surface area contributed by atoms with Crippen LogP contribution in [0, 0.1) is 0 Å². The quantitative estimate of drug-likeness (QED) is 0.371. The fourth-order valence-electron chi connectivity index (χ4n) is 1.03. The van der Waals surface area contributed by atoms with Gasteiger partial charge in [-0.2, -0.15) is 39.5 Å². The highest BCUT2D eigenvalue weighted by Gasteiger charge is 2.82. The Balaban J connectivity index is 6.33. The Morgan fingerprint density at radius 2 is 1.04 bits per heavy atom. The van der Waals surface area contributed by atoms with Gasteiger partial charge in [-0.15, -0.1) is 0 Å². The van der Waals surface area contributed by atoms with Crippen molar-refractivity contribution in [3.63, 3.8) is 0 Å². The van der Waals surface area contributed by atoms with Gasteiger partial charge in [-0.05, 0) is 0 Å². The van der Waals surface area contributed by atoms with E-state index in [1.165, 1.54) is 0 Å². The first kappa shape index (κ1) is 26.1. The second-order valence-electron chi connectivity index (χ2n) is 4.33. The van der Waals surface area contributed by atoms with E-state index >= 15 is 0 Å². The Morgan fingerprint density at radius 1 is 0.667 bits per heavy atom. The van der Waals surface area contributed by atoms with Gasteiger partial charge in [0.15, 0.2) is 0 Å². The predicted octanol–water partition coefficient (Wildman–Crippen LogP) is -0.546. The van der Waals surface area contributed by atoms with Crippen LogP contribution in [0.5, 0.6) is 0 Å². The minimum absolute atomic E-state index is 0.622. The van der Waals surface area contributed by atoms with Crippen LogP contribution >= 0.6 is 0 Å². The van der Waals surface area contributed by atoms with E-state index in [1.807, 2.05) is 0 Å². The van der Waals surface area contributed by atoms with E-state index in [-0.39, 0.29) is 0 Å². The molecule has 0 aliphatic carbocycles. The lowest BCUT2D eigenvalue weighted by Gasteiger charge is -2.31. The molecule has 0 aliphatic heterocycles. The fraction of sp³-hybridized carbons (Fsp3) is 1.00. The largest absolute Gasteiger partial charge is 0.512 e.